The first-order chi connectivity index (χ1) is 13.3. The largest absolute Gasteiger partial charge is 0.490 e. The van der Waals surface area contributed by atoms with E-state index in [1.54, 1.807) is 54.6 Å². The standard InChI is InChI=1S/C19H20IN3O4S/c1-3-11-27-18-6-4-5-15(12-18)13-21-22-19(24)14-23(28(2,25)26)17-9-7-16(20)8-10-17/h3-10,12-13H,1,11,14H2,2H3,(H,22,24)/b21-13-. The molecule has 7 nitrogen and oxygen atoms in total. The molecular formula is C19H20IN3O4S. The third-order valence-corrected chi connectivity index (χ3v) is 5.29. The van der Waals surface area contributed by atoms with Crippen molar-refractivity contribution >= 4 is 50.4 Å². The summed E-state index contributed by atoms with van der Waals surface area (Å²) >= 11 is 2.12. The van der Waals surface area contributed by atoms with Crippen LogP contribution in [0.4, 0.5) is 5.69 Å². The van der Waals surface area contributed by atoms with Crippen LogP contribution in [-0.2, 0) is 14.8 Å². The summed E-state index contributed by atoms with van der Waals surface area (Å²) in [6.45, 7) is 3.60. The van der Waals surface area contributed by atoms with Crippen LogP contribution in [0.5, 0.6) is 5.75 Å². The minimum Gasteiger partial charge on any atom is -0.490 e. The number of hydrogen-bond donors (Lipinski definition) is 1. The van der Waals surface area contributed by atoms with E-state index in [0.717, 1.165) is 19.7 Å². The summed E-state index contributed by atoms with van der Waals surface area (Å²) in [5.74, 6) is 0.0939. The van der Waals surface area contributed by atoms with Crippen LogP contribution in [0.15, 0.2) is 66.3 Å². The summed E-state index contributed by atoms with van der Waals surface area (Å²) in [5.41, 5.74) is 3.48. The SMILES string of the molecule is C=CCOc1cccc(/C=N\NC(=O)CN(c2ccc(I)cc2)S(C)(=O)=O)c1. The number of hydrogen-bond acceptors (Lipinski definition) is 5. The van der Waals surface area contributed by atoms with Crippen LogP contribution in [0, 0.1) is 3.57 Å². The van der Waals surface area contributed by atoms with Crippen molar-refractivity contribution in [2.75, 3.05) is 23.7 Å². The van der Waals surface area contributed by atoms with Gasteiger partial charge in [-0.25, -0.2) is 13.8 Å². The molecule has 2 aromatic rings. The van der Waals surface area contributed by atoms with Gasteiger partial charge in [0.25, 0.3) is 5.91 Å². The van der Waals surface area contributed by atoms with Crippen LogP contribution in [0.25, 0.3) is 0 Å². The molecule has 0 bridgehead atoms. The van der Waals surface area contributed by atoms with Gasteiger partial charge in [-0.2, -0.15) is 5.10 Å². The lowest BCUT2D eigenvalue weighted by atomic mass is 10.2. The Morgan fingerprint density at radius 2 is 2.00 bits per heavy atom. The molecule has 0 saturated heterocycles. The molecule has 0 saturated carbocycles. The van der Waals surface area contributed by atoms with E-state index in [2.05, 4.69) is 39.7 Å². The molecule has 0 spiro atoms. The lowest BCUT2D eigenvalue weighted by Gasteiger charge is -2.21. The van der Waals surface area contributed by atoms with Crippen LogP contribution >= 0.6 is 22.6 Å². The second-order valence-corrected chi connectivity index (χ2v) is 8.86. The normalized spacial score (nSPS) is 11.2. The first-order valence-electron chi connectivity index (χ1n) is 8.18. The molecule has 0 heterocycles. The van der Waals surface area contributed by atoms with Gasteiger partial charge in [-0.05, 0) is 64.6 Å². The Kier molecular flexibility index (Phi) is 8.00. The number of benzene rings is 2. The van der Waals surface area contributed by atoms with Crippen molar-refractivity contribution in [2.45, 2.75) is 0 Å². The molecule has 0 atom stereocenters. The van der Waals surface area contributed by atoms with Crippen LogP contribution in [0.3, 0.4) is 0 Å². The lowest BCUT2D eigenvalue weighted by Crippen LogP contribution is -2.39. The molecule has 1 N–H and O–H groups in total. The predicted molar refractivity (Wildman–Crippen MR) is 119 cm³/mol. The topological polar surface area (TPSA) is 88.1 Å². The van der Waals surface area contributed by atoms with Crippen molar-refractivity contribution in [1.82, 2.24) is 5.43 Å². The van der Waals surface area contributed by atoms with E-state index in [4.69, 9.17) is 4.74 Å². The third kappa shape index (κ3) is 6.97. The average molecular weight is 513 g/mol. The van der Waals surface area contributed by atoms with Gasteiger partial charge in [0, 0.05) is 3.57 Å². The highest BCUT2D eigenvalue weighted by molar-refractivity contribution is 14.1. The molecule has 28 heavy (non-hydrogen) atoms. The number of nitrogens with zero attached hydrogens (tertiary/aromatic N) is 2. The number of halogens is 1. The number of carbonyl (C=O) groups excluding carboxylic acids is 1. The van der Waals surface area contributed by atoms with Gasteiger partial charge in [-0.1, -0.05) is 24.8 Å². The molecular weight excluding hydrogens is 493 g/mol. The van der Waals surface area contributed by atoms with Crippen LogP contribution in [-0.4, -0.2) is 39.9 Å². The minimum atomic E-state index is -3.62. The highest BCUT2D eigenvalue weighted by atomic mass is 127. The predicted octanol–water partition coefficient (Wildman–Crippen LogP) is 2.77. The van der Waals surface area contributed by atoms with E-state index in [-0.39, 0.29) is 6.54 Å². The number of sulfonamides is 1. The number of amides is 1. The summed E-state index contributed by atoms with van der Waals surface area (Å²) in [6, 6.07) is 14.0. The molecule has 0 aliphatic rings. The second kappa shape index (κ2) is 10.2. The van der Waals surface area contributed by atoms with Crippen molar-refractivity contribution in [1.29, 1.82) is 0 Å². The van der Waals surface area contributed by atoms with Crippen LogP contribution < -0.4 is 14.5 Å². The quantitative estimate of drug-likeness (QED) is 0.242. The zero-order valence-electron chi connectivity index (χ0n) is 15.2. The van der Waals surface area contributed by atoms with Crippen molar-refractivity contribution in [3.8, 4) is 5.75 Å². The smallest absolute Gasteiger partial charge is 0.260 e. The Bertz CT molecular complexity index is 959. The molecule has 0 radical (unpaired) electrons. The van der Waals surface area contributed by atoms with Gasteiger partial charge in [-0.3, -0.25) is 9.10 Å². The highest BCUT2D eigenvalue weighted by Crippen LogP contribution is 2.18. The maximum atomic E-state index is 12.2. The minimum absolute atomic E-state index is 0.376. The van der Waals surface area contributed by atoms with Gasteiger partial charge in [0.2, 0.25) is 10.0 Å². The molecule has 0 aliphatic carbocycles. The van der Waals surface area contributed by atoms with E-state index >= 15 is 0 Å². The number of hydrazone groups is 1. The van der Waals surface area contributed by atoms with Crippen molar-refractivity contribution < 1.29 is 17.9 Å². The summed E-state index contributed by atoms with van der Waals surface area (Å²) in [6.07, 6.45) is 4.15. The summed E-state index contributed by atoms with van der Waals surface area (Å²) < 4.78 is 31.5. The van der Waals surface area contributed by atoms with Crippen molar-refractivity contribution in [3.63, 3.8) is 0 Å². The lowest BCUT2D eigenvalue weighted by molar-refractivity contribution is -0.119. The van der Waals surface area contributed by atoms with Gasteiger partial charge < -0.3 is 4.74 Å². The summed E-state index contributed by atoms with van der Waals surface area (Å²) in [5, 5.41) is 3.88. The zero-order chi connectivity index (χ0) is 20.6. The molecule has 0 aromatic heterocycles. The Morgan fingerprint density at radius 3 is 2.64 bits per heavy atom. The number of nitrogens with one attached hydrogen (secondary N) is 1. The Hall–Kier alpha value is -2.40. The summed E-state index contributed by atoms with van der Waals surface area (Å²) in [4.78, 5) is 12.2. The van der Waals surface area contributed by atoms with E-state index in [9.17, 15) is 13.2 Å². The number of rotatable bonds is 9. The van der Waals surface area contributed by atoms with E-state index in [1.165, 1.54) is 6.21 Å². The second-order valence-electron chi connectivity index (χ2n) is 5.71. The third-order valence-electron chi connectivity index (χ3n) is 3.43. The molecule has 148 valence electrons. The molecule has 0 aliphatic heterocycles. The molecule has 0 unspecified atom stereocenters. The van der Waals surface area contributed by atoms with Crippen molar-refractivity contribution in [3.05, 3.63) is 70.3 Å². The van der Waals surface area contributed by atoms with Gasteiger partial charge in [0.1, 0.15) is 18.9 Å². The first-order valence-corrected chi connectivity index (χ1v) is 11.1. The van der Waals surface area contributed by atoms with E-state index in [0.29, 0.717) is 18.0 Å². The number of anilines is 1. The van der Waals surface area contributed by atoms with Gasteiger partial charge in [0.05, 0.1) is 18.2 Å². The molecule has 2 aromatic carbocycles. The maximum Gasteiger partial charge on any atom is 0.260 e. The number of ether oxygens (including phenoxy) is 1. The average Bonchev–Trinajstić information content (AvgIpc) is 2.65. The van der Waals surface area contributed by atoms with Gasteiger partial charge >= 0.3 is 0 Å². The van der Waals surface area contributed by atoms with Crippen molar-refractivity contribution in [2.24, 2.45) is 5.10 Å². The van der Waals surface area contributed by atoms with E-state index in [1.807, 2.05) is 0 Å². The Morgan fingerprint density at radius 1 is 1.29 bits per heavy atom. The fraction of sp³-hybridized carbons (Fsp3) is 0.158. The first kappa shape index (κ1) is 21.9. The molecule has 1 amide bonds. The summed E-state index contributed by atoms with van der Waals surface area (Å²) in [7, 11) is -3.62. The molecule has 0 fully saturated rings. The monoisotopic (exact) mass is 513 g/mol. The van der Waals surface area contributed by atoms with Crippen LogP contribution in [0.1, 0.15) is 5.56 Å². The molecule has 2 rings (SSSR count). The number of carbonyl (C=O) groups is 1. The fourth-order valence-electron chi connectivity index (χ4n) is 2.19. The van der Waals surface area contributed by atoms with E-state index < -0.39 is 15.9 Å². The fourth-order valence-corrected chi connectivity index (χ4v) is 3.41. The zero-order valence-corrected chi connectivity index (χ0v) is 18.2. The Balaban J connectivity index is 2.02. The highest BCUT2D eigenvalue weighted by Gasteiger charge is 2.20. The van der Waals surface area contributed by atoms with Gasteiger partial charge in [0.15, 0.2) is 0 Å². The Labute approximate surface area is 178 Å². The van der Waals surface area contributed by atoms with Gasteiger partial charge in [-0.15, -0.1) is 0 Å². The van der Waals surface area contributed by atoms with Crippen LogP contribution in [0.2, 0.25) is 0 Å². The molecule has 9 heteroatoms. The maximum absolute atomic E-state index is 12.2.